The molecule has 164 valence electrons. The summed E-state index contributed by atoms with van der Waals surface area (Å²) in [7, 11) is 1.77. The van der Waals surface area contributed by atoms with Crippen LogP contribution in [-0.4, -0.2) is 38.2 Å². The van der Waals surface area contributed by atoms with Gasteiger partial charge in [-0.25, -0.2) is 4.98 Å². The molecule has 0 bridgehead atoms. The molecule has 0 aliphatic heterocycles. The van der Waals surface area contributed by atoms with Crippen molar-refractivity contribution in [2.24, 2.45) is 0 Å². The van der Waals surface area contributed by atoms with Crippen LogP contribution in [0.1, 0.15) is 62.4 Å². The Morgan fingerprint density at radius 3 is 2.84 bits per heavy atom. The highest BCUT2D eigenvalue weighted by Crippen LogP contribution is 2.30. The van der Waals surface area contributed by atoms with Gasteiger partial charge in [-0.2, -0.15) is 9.61 Å². The number of hydrogen-bond acceptors (Lipinski definition) is 6. The number of rotatable bonds is 8. The second kappa shape index (κ2) is 8.79. The lowest BCUT2D eigenvalue weighted by Gasteiger charge is -2.27. The highest BCUT2D eigenvalue weighted by molar-refractivity contribution is 6.00. The van der Waals surface area contributed by atoms with Crippen LogP contribution in [-0.2, 0) is 0 Å². The first kappa shape index (κ1) is 20.9. The molecule has 1 atom stereocenters. The number of pyridine rings is 1. The number of aromatic nitrogens is 4. The zero-order valence-corrected chi connectivity index (χ0v) is 18.2. The molecule has 3 aromatic heterocycles. The van der Waals surface area contributed by atoms with Crippen LogP contribution < -0.4 is 21.5 Å². The molecule has 1 amide bonds. The Morgan fingerprint density at radius 2 is 2.16 bits per heavy atom. The average molecular weight is 424 g/mol. The molecule has 9 heteroatoms. The Kier molecular flexibility index (Phi) is 5.92. The van der Waals surface area contributed by atoms with Gasteiger partial charge in [0.1, 0.15) is 22.9 Å². The third-order valence-electron chi connectivity index (χ3n) is 5.78. The van der Waals surface area contributed by atoms with Crippen molar-refractivity contribution >= 4 is 28.9 Å². The van der Waals surface area contributed by atoms with E-state index in [0.29, 0.717) is 28.5 Å². The molecule has 1 aliphatic carbocycles. The summed E-state index contributed by atoms with van der Waals surface area (Å²) >= 11 is 0. The number of fused-ring (bicyclic) bond motifs is 1. The van der Waals surface area contributed by atoms with Gasteiger partial charge in [0, 0.05) is 31.4 Å². The highest BCUT2D eigenvalue weighted by atomic mass is 16.2. The monoisotopic (exact) mass is 423 g/mol. The van der Waals surface area contributed by atoms with Crippen LogP contribution in [0.3, 0.4) is 0 Å². The number of hydrogen-bond donors (Lipinski definition) is 3. The van der Waals surface area contributed by atoms with Crippen LogP contribution in [0.15, 0.2) is 35.4 Å². The van der Waals surface area contributed by atoms with E-state index in [2.05, 4.69) is 33.0 Å². The zero-order valence-electron chi connectivity index (χ0n) is 18.2. The Balaban J connectivity index is 1.68. The maximum absolute atomic E-state index is 12.9. The molecule has 31 heavy (non-hydrogen) atoms. The van der Waals surface area contributed by atoms with Gasteiger partial charge < -0.3 is 20.5 Å². The molecule has 0 saturated heterocycles. The molecule has 3 heterocycles. The van der Waals surface area contributed by atoms with E-state index in [0.717, 1.165) is 32.1 Å². The Bertz CT molecular complexity index is 1150. The van der Waals surface area contributed by atoms with Crippen molar-refractivity contribution in [3.05, 3.63) is 46.5 Å². The van der Waals surface area contributed by atoms with Gasteiger partial charge in [0.25, 0.3) is 11.5 Å². The normalized spacial score (nSPS) is 14.8. The van der Waals surface area contributed by atoms with Gasteiger partial charge in [0.05, 0.1) is 6.20 Å². The van der Waals surface area contributed by atoms with Crippen LogP contribution in [0.5, 0.6) is 0 Å². The van der Waals surface area contributed by atoms with Crippen molar-refractivity contribution in [1.29, 1.82) is 0 Å². The van der Waals surface area contributed by atoms with Crippen molar-refractivity contribution in [3.8, 4) is 0 Å². The van der Waals surface area contributed by atoms with E-state index in [1.54, 1.807) is 28.3 Å². The molecule has 3 aromatic rings. The summed E-state index contributed by atoms with van der Waals surface area (Å²) in [6.45, 7) is 4.06. The minimum atomic E-state index is -0.213. The first-order chi connectivity index (χ1) is 15.0. The van der Waals surface area contributed by atoms with Gasteiger partial charge in [-0.05, 0) is 44.7 Å². The van der Waals surface area contributed by atoms with Crippen LogP contribution in [0.25, 0.3) is 5.65 Å². The minimum Gasteiger partial charge on any atom is -0.373 e. The Labute approximate surface area is 180 Å². The lowest BCUT2D eigenvalue weighted by Crippen LogP contribution is -2.32. The quantitative estimate of drug-likeness (QED) is 0.513. The van der Waals surface area contributed by atoms with Crippen molar-refractivity contribution in [3.63, 3.8) is 0 Å². The summed E-state index contributed by atoms with van der Waals surface area (Å²) in [5, 5.41) is 13.5. The number of carbonyl (C=O) groups excluding carboxylic acids is 1. The molecule has 0 unspecified atom stereocenters. The third-order valence-corrected chi connectivity index (χ3v) is 5.78. The van der Waals surface area contributed by atoms with Gasteiger partial charge in [-0.15, -0.1) is 0 Å². The van der Waals surface area contributed by atoms with Crippen molar-refractivity contribution in [1.82, 2.24) is 24.5 Å². The molecule has 0 spiro atoms. The second-order valence-corrected chi connectivity index (χ2v) is 8.08. The van der Waals surface area contributed by atoms with Crippen LogP contribution in [0.4, 0.5) is 17.3 Å². The van der Waals surface area contributed by atoms with Crippen molar-refractivity contribution in [2.75, 3.05) is 17.7 Å². The SMILES string of the molecule is CCC[C@@H](C)NC(=O)c1cnn2c(NC)cc(Nc3cccn(C4CCC4)c3=O)nc12. The van der Waals surface area contributed by atoms with Crippen LogP contribution in [0.2, 0.25) is 0 Å². The van der Waals surface area contributed by atoms with Crippen LogP contribution in [0, 0.1) is 0 Å². The second-order valence-electron chi connectivity index (χ2n) is 8.08. The maximum Gasteiger partial charge on any atom is 0.274 e. The van der Waals surface area contributed by atoms with E-state index < -0.39 is 0 Å². The van der Waals surface area contributed by atoms with E-state index >= 15 is 0 Å². The summed E-state index contributed by atoms with van der Waals surface area (Å²) in [4.78, 5) is 30.3. The summed E-state index contributed by atoms with van der Waals surface area (Å²) in [6, 6.07) is 5.71. The first-order valence-corrected chi connectivity index (χ1v) is 10.9. The smallest absolute Gasteiger partial charge is 0.274 e. The number of anilines is 3. The third kappa shape index (κ3) is 4.12. The summed E-state index contributed by atoms with van der Waals surface area (Å²) in [5.74, 6) is 0.912. The number of amides is 1. The molecule has 1 fully saturated rings. The van der Waals surface area contributed by atoms with Gasteiger partial charge in [-0.3, -0.25) is 9.59 Å². The fourth-order valence-electron chi connectivity index (χ4n) is 3.87. The predicted octanol–water partition coefficient (Wildman–Crippen LogP) is 3.32. The van der Waals surface area contributed by atoms with E-state index in [9.17, 15) is 9.59 Å². The molecule has 0 aromatic carbocycles. The molecule has 0 radical (unpaired) electrons. The molecule has 3 N–H and O–H groups in total. The fraction of sp³-hybridized carbons (Fsp3) is 0.455. The van der Waals surface area contributed by atoms with Crippen molar-refractivity contribution < 1.29 is 4.79 Å². The standard InChI is InChI=1S/C22H29N7O2/c1-4-7-14(2)25-21(30)16-13-24-29-19(23-3)12-18(27-20(16)29)26-17-10-6-11-28(22(17)31)15-8-5-9-15/h6,10-15,23H,4-5,7-9H2,1-3H3,(H,25,30)(H,26,27)/t14-/m1/s1. The highest BCUT2D eigenvalue weighted by Gasteiger charge is 2.22. The summed E-state index contributed by atoms with van der Waals surface area (Å²) in [6.07, 6.45) is 8.46. The average Bonchev–Trinajstić information content (AvgIpc) is 3.13. The maximum atomic E-state index is 12.9. The molecule has 1 aliphatic rings. The van der Waals surface area contributed by atoms with E-state index in [4.69, 9.17) is 0 Å². The first-order valence-electron chi connectivity index (χ1n) is 10.9. The number of carbonyl (C=O) groups is 1. The molecule has 9 nitrogen and oxygen atoms in total. The largest absolute Gasteiger partial charge is 0.373 e. The molecule has 1 saturated carbocycles. The number of nitrogens with zero attached hydrogens (tertiary/aromatic N) is 4. The van der Waals surface area contributed by atoms with Gasteiger partial charge in [0.15, 0.2) is 5.65 Å². The predicted molar refractivity (Wildman–Crippen MR) is 121 cm³/mol. The minimum absolute atomic E-state index is 0.0619. The van der Waals surface area contributed by atoms with Crippen LogP contribution >= 0.6 is 0 Å². The van der Waals surface area contributed by atoms with E-state index in [1.807, 2.05) is 19.2 Å². The molecular formula is C22H29N7O2. The van der Waals surface area contributed by atoms with Gasteiger partial charge in [0.2, 0.25) is 0 Å². The molecule has 4 rings (SSSR count). The van der Waals surface area contributed by atoms with E-state index in [-0.39, 0.29) is 23.6 Å². The lowest BCUT2D eigenvalue weighted by molar-refractivity contribution is 0.0940. The summed E-state index contributed by atoms with van der Waals surface area (Å²) in [5.41, 5.74) is 1.20. The van der Waals surface area contributed by atoms with Crippen molar-refractivity contribution in [2.45, 2.75) is 58.0 Å². The topological polar surface area (TPSA) is 105 Å². The van der Waals surface area contributed by atoms with E-state index in [1.165, 1.54) is 6.20 Å². The number of nitrogens with one attached hydrogen (secondary N) is 3. The molecular weight excluding hydrogens is 394 g/mol. The Hall–Kier alpha value is -3.36. The zero-order chi connectivity index (χ0) is 22.0. The fourth-order valence-corrected chi connectivity index (χ4v) is 3.87. The van der Waals surface area contributed by atoms with Gasteiger partial charge >= 0.3 is 0 Å². The van der Waals surface area contributed by atoms with Gasteiger partial charge in [-0.1, -0.05) is 13.3 Å². The lowest BCUT2D eigenvalue weighted by atomic mass is 9.93. The summed E-state index contributed by atoms with van der Waals surface area (Å²) < 4.78 is 3.37. The Morgan fingerprint density at radius 1 is 1.35 bits per heavy atom.